The van der Waals surface area contributed by atoms with Crippen LogP contribution in [0.15, 0.2) is 24.3 Å². The summed E-state index contributed by atoms with van der Waals surface area (Å²) in [5.74, 6) is -0.610. The number of rotatable bonds is 4. The summed E-state index contributed by atoms with van der Waals surface area (Å²) in [4.78, 5) is 30.2. The average Bonchev–Trinajstić information content (AvgIpc) is 3.23. The van der Waals surface area contributed by atoms with Crippen molar-refractivity contribution in [2.45, 2.75) is 57.7 Å². The third kappa shape index (κ3) is 2.82. The van der Waals surface area contributed by atoms with Crippen LogP contribution in [0.1, 0.15) is 51.3 Å². The first-order valence-corrected chi connectivity index (χ1v) is 10.1. The van der Waals surface area contributed by atoms with Gasteiger partial charge in [0.15, 0.2) is 0 Å². The monoisotopic (exact) mass is 384 g/mol. The number of fused-ring (bicyclic) bond motifs is 5. The summed E-state index contributed by atoms with van der Waals surface area (Å²) < 4.78 is 11.2. The van der Waals surface area contributed by atoms with E-state index in [1.165, 1.54) is 0 Å². The number of carbonyl (C=O) groups is 2. The van der Waals surface area contributed by atoms with Crippen LogP contribution >= 0.6 is 0 Å². The maximum atomic E-state index is 13.4. The number of para-hydroxylation sites is 1. The second-order valence-corrected chi connectivity index (χ2v) is 8.50. The number of ether oxygens (including phenoxy) is 2. The van der Waals surface area contributed by atoms with Crippen molar-refractivity contribution in [1.29, 1.82) is 0 Å². The Bertz CT molecular complexity index is 892. The highest BCUT2D eigenvalue weighted by Gasteiger charge is 2.59. The fourth-order valence-electron chi connectivity index (χ4n) is 4.75. The lowest BCUT2D eigenvalue weighted by molar-refractivity contribution is -0.171. The Morgan fingerprint density at radius 3 is 2.32 bits per heavy atom. The van der Waals surface area contributed by atoms with Crippen LogP contribution in [0.2, 0.25) is 0 Å². The number of aromatic amines is 1. The summed E-state index contributed by atoms with van der Waals surface area (Å²) in [7, 11) is 0. The third-order valence-electron chi connectivity index (χ3n) is 5.83. The zero-order valence-electron chi connectivity index (χ0n) is 16.9. The van der Waals surface area contributed by atoms with Crippen molar-refractivity contribution in [2.24, 2.45) is 5.92 Å². The van der Waals surface area contributed by atoms with E-state index in [1.807, 2.05) is 18.2 Å². The molecule has 0 radical (unpaired) electrons. The molecule has 0 saturated carbocycles. The Morgan fingerprint density at radius 2 is 1.68 bits per heavy atom. The van der Waals surface area contributed by atoms with Gasteiger partial charge >= 0.3 is 11.9 Å². The largest absolute Gasteiger partial charge is 0.462 e. The van der Waals surface area contributed by atoms with Crippen LogP contribution in [0, 0.1) is 5.92 Å². The highest BCUT2D eigenvalue weighted by Crippen LogP contribution is 2.51. The summed E-state index contributed by atoms with van der Waals surface area (Å²) >= 11 is 0. The maximum Gasteiger partial charge on any atom is 0.329 e. The number of hydrogen-bond acceptors (Lipinski definition) is 5. The van der Waals surface area contributed by atoms with E-state index in [1.54, 1.807) is 27.7 Å². The molecule has 1 aromatic carbocycles. The molecule has 4 rings (SSSR count). The molecule has 0 spiro atoms. The molecule has 2 aromatic rings. The SMILES string of the molecule is CC(C)OC(=O)C1(C(=O)OC(C)C)C[C@@H]2CNC[C@H]2c2c1[nH]c1ccccc21. The molecule has 0 unspecified atom stereocenters. The highest BCUT2D eigenvalue weighted by atomic mass is 16.6. The Balaban J connectivity index is 1.96. The molecular weight excluding hydrogens is 356 g/mol. The molecule has 2 aliphatic rings. The van der Waals surface area contributed by atoms with Crippen LogP contribution in [-0.2, 0) is 24.5 Å². The molecule has 150 valence electrons. The number of benzene rings is 1. The molecule has 0 amide bonds. The van der Waals surface area contributed by atoms with Crippen LogP contribution < -0.4 is 5.32 Å². The van der Waals surface area contributed by atoms with Crippen molar-refractivity contribution in [3.05, 3.63) is 35.5 Å². The Labute approximate surface area is 165 Å². The fourth-order valence-corrected chi connectivity index (χ4v) is 4.75. The number of aromatic nitrogens is 1. The minimum atomic E-state index is -1.46. The highest BCUT2D eigenvalue weighted by molar-refractivity contribution is 6.08. The summed E-state index contributed by atoms with van der Waals surface area (Å²) in [6.07, 6.45) is -0.242. The minimum Gasteiger partial charge on any atom is -0.462 e. The molecule has 2 N–H and O–H groups in total. The second kappa shape index (κ2) is 6.92. The van der Waals surface area contributed by atoms with Gasteiger partial charge in [0, 0.05) is 29.1 Å². The smallest absolute Gasteiger partial charge is 0.329 e. The average molecular weight is 384 g/mol. The zero-order chi connectivity index (χ0) is 20.1. The van der Waals surface area contributed by atoms with E-state index in [-0.39, 0.29) is 24.0 Å². The quantitative estimate of drug-likeness (QED) is 0.626. The number of esters is 2. The normalized spacial score (nSPS) is 22.9. The maximum absolute atomic E-state index is 13.4. The van der Waals surface area contributed by atoms with E-state index < -0.39 is 17.4 Å². The standard InChI is InChI=1S/C22H28N2O4/c1-12(2)27-20(25)22(21(26)28-13(3)4)9-14-10-23-11-16(14)18-15-7-5-6-8-17(15)24-19(18)22/h5-8,12-14,16,23-24H,9-11H2,1-4H3/t14-,16-/m1/s1. The second-order valence-electron chi connectivity index (χ2n) is 8.50. The number of hydrogen-bond donors (Lipinski definition) is 2. The molecule has 2 atom stereocenters. The predicted octanol–water partition coefficient (Wildman–Crippen LogP) is 3.02. The molecule has 1 aliphatic heterocycles. The van der Waals surface area contributed by atoms with Crippen molar-refractivity contribution in [2.75, 3.05) is 13.1 Å². The van der Waals surface area contributed by atoms with Crippen molar-refractivity contribution >= 4 is 22.8 Å². The molecule has 28 heavy (non-hydrogen) atoms. The van der Waals surface area contributed by atoms with Crippen molar-refractivity contribution in [3.63, 3.8) is 0 Å². The first-order valence-electron chi connectivity index (χ1n) is 10.1. The lowest BCUT2D eigenvalue weighted by Gasteiger charge is -2.39. The third-order valence-corrected chi connectivity index (χ3v) is 5.83. The zero-order valence-corrected chi connectivity index (χ0v) is 16.9. The Morgan fingerprint density at radius 1 is 1.04 bits per heavy atom. The molecule has 1 fully saturated rings. The molecule has 1 saturated heterocycles. The van der Waals surface area contributed by atoms with Gasteiger partial charge in [-0.2, -0.15) is 0 Å². The summed E-state index contributed by atoms with van der Waals surface area (Å²) in [6.45, 7) is 8.81. The van der Waals surface area contributed by atoms with Crippen molar-refractivity contribution in [1.82, 2.24) is 10.3 Å². The fraction of sp³-hybridized carbons (Fsp3) is 0.545. The molecule has 1 aromatic heterocycles. The van der Waals surface area contributed by atoms with Gasteiger partial charge in [-0.25, -0.2) is 0 Å². The molecule has 0 bridgehead atoms. The van der Waals surface area contributed by atoms with Gasteiger partial charge in [0.2, 0.25) is 5.41 Å². The van der Waals surface area contributed by atoms with Crippen molar-refractivity contribution in [3.8, 4) is 0 Å². The van der Waals surface area contributed by atoms with E-state index in [4.69, 9.17) is 9.47 Å². The molecule has 6 heteroatoms. The summed E-state index contributed by atoms with van der Waals surface area (Å²) in [6, 6.07) is 7.98. The van der Waals surface area contributed by atoms with Crippen LogP contribution in [0.4, 0.5) is 0 Å². The van der Waals surface area contributed by atoms with Gasteiger partial charge < -0.3 is 19.8 Å². The van der Waals surface area contributed by atoms with E-state index in [0.717, 1.165) is 29.6 Å². The summed E-state index contributed by atoms with van der Waals surface area (Å²) in [5.41, 5.74) is 1.17. The topological polar surface area (TPSA) is 80.4 Å². The van der Waals surface area contributed by atoms with Gasteiger partial charge in [0.25, 0.3) is 0 Å². The molecular formula is C22H28N2O4. The molecule has 6 nitrogen and oxygen atoms in total. The predicted molar refractivity (Wildman–Crippen MR) is 106 cm³/mol. The first-order chi connectivity index (χ1) is 13.3. The number of H-pyrrole nitrogens is 1. The van der Waals surface area contributed by atoms with Gasteiger partial charge in [-0.1, -0.05) is 18.2 Å². The van der Waals surface area contributed by atoms with Gasteiger partial charge in [0.1, 0.15) is 0 Å². The van der Waals surface area contributed by atoms with Crippen LogP contribution in [-0.4, -0.2) is 42.2 Å². The van der Waals surface area contributed by atoms with E-state index in [2.05, 4.69) is 16.4 Å². The van der Waals surface area contributed by atoms with Crippen LogP contribution in [0.5, 0.6) is 0 Å². The van der Waals surface area contributed by atoms with Crippen LogP contribution in [0.25, 0.3) is 10.9 Å². The van der Waals surface area contributed by atoms with Crippen molar-refractivity contribution < 1.29 is 19.1 Å². The van der Waals surface area contributed by atoms with E-state index in [0.29, 0.717) is 12.1 Å². The Kier molecular flexibility index (Phi) is 4.70. The molecule has 1 aliphatic carbocycles. The van der Waals surface area contributed by atoms with Gasteiger partial charge in [-0.3, -0.25) is 9.59 Å². The number of carbonyl (C=O) groups excluding carboxylic acids is 2. The number of nitrogens with one attached hydrogen (secondary N) is 2. The lowest BCUT2D eigenvalue weighted by atomic mass is 9.65. The first kappa shape index (κ1) is 19.0. The molecule has 2 heterocycles. The van der Waals surface area contributed by atoms with Gasteiger partial charge in [-0.15, -0.1) is 0 Å². The van der Waals surface area contributed by atoms with Crippen LogP contribution in [0.3, 0.4) is 0 Å². The van der Waals surface area contributed by atoms with E-state index in [9.17, 15) is 9.59 Å². The van der Waals surface area contributed by atoms with Gasteiger partial charge in [0.05, 0.1) is 12.2 Å². The summed E-state index contributed by atoms with van der Waals surface area (Å²) in [5, 5.41) is 4.50. The lowest BCUT2D eigenvalue weighted by Crippen LogP contribution is -2.52. The van der Waals surface area contributed by atoms with E-state index >= 15 is 0 Å². The Hall–Kier alpha value is -2.34. The minimum absolute atomic E-state index is 0.172. The van der Waals surface area contributed by atoms with Gasteiger partial charge in [-0.05, 0) is 58.2 Å².